The minimum atomic E-state index is 0.194. The molecule has 4 heteroatoms. The highest BCUT2D eigenvalue weighted by atomic mass is 16.2. The van der Waals surface area contributed by atoms with Crippen molar-refractivity contribution in [3.8, 4) is 0 Å². The highest BCUT2D eigenvalue weighted by Gasteiger charge is 2.29. The Morgan fingerprint density at radius 1 is 1.20 bits per heavy atom. The summed E-state index contributed by atoms with van der Waals surface area (Å²) in [5, 5.41) is 0. The molecule has 0 spiro atoms. The summed E-state index contributed by atoms with van der Waals surface area (Å²) < 4.78 is 2.00. The Morgan fingerprint density at radius 2 is 2.04 bits per heavy atom. The number of aryl methyl sites for hydroxylation is 1. The topological polar surface area (TPSA) is 37.6 Å². The van der Waals surface area contributed by atoms with Crippen LogP contribution in [-0.4, -0.2) is 32.8 Å². The summed E-state index contributed by atoms with van der Waals surface area (Å²) in [6.45, 7) is 2.91. The van der Waals surface area contributed by atoms with Gasteiger partial charge in [-0.15, -0.1) is 0 Å². The van der Waals surface area contributed by atoms with Crippen LogP contribution in [0.5, 0.6) is 0 Å². The van der Waals surface area contributed by atoms with Gasteiger partial charge in [-0.3, -0.25) is 4.79 Å². The summed E-state index contributed by atoms with van der Waals surface area (Å²) in [6, 6.07) is 14.8. The van der Waals surface area contributed by atoms with Crippen molar-refractivity contribution < 1.29 is 4.79 Å². The standard InChI is InChI=1S/C21H23N3O/c1-16-7-5-11-23-15-18(22-21(16)23)14-20(25)24-12-6-10-19(24)13-17-8-3-2-4-9-17/h2-5,7-9,11,15,19H,6,10,12-14H2,1H3. The van der Waals surface area contributed by atoms with Crippen molar-refractivity contribution in [2.24, 2.45) is 0 Å². The minimum Gasteiger partial charge on any atom is -0.339 e. The first-order valence-electron chi connectivity index (χ1n) is 8.97. The molecule has 3 heterocycles. The van der Waals surface area contributed by atoms with Crippen LogP contribution in [0.3, 0.4) is 0 Å². The smallest absolute Gasteiger partial charge is 0.228 e. The van der Waals surface area contributed by atoms with Crippen LogP contribution in [0.4, 0.5) is 0 Å². The Balaban J connectivity index is 1.48. The number of nitrogens with zero attached hydrogens (tertiary/aromatic N) is 3. The third-order valence-corrected chi connectivity index (χ3v) is 5.07. The van der Waals surface area contributed by atoms with Gasteiger partial charge in [-0.2, -0.15) is 0 Å². The summed E-state index contributed by atoms with van der Waals surface area (Å²) in [7, 11) is 0. The lowest BCUT2D eigenvalue weighted by Gasteiger charge is -2.24. The Morgan fingerprint density at radius 3 is 2.84 bits per heavy atom. The molecule has 1 saturated heterocycles. The van der Waals surface area contributed by atoms with Gasteiger partial charge in [0.2, 0.25) is 5.91 Å². The molecule has 0 bridgehead atoms. The molecular weight excluding hydrogens is 310 g/mol. The van der Waals surface area contributed by atoms with E-state index in [9.17, 15) is 4.79 Å². The first-order valence-corrected chi connectivity index (χ1v) is 8.97. The van der Waals surface area contributed by atoms with Gasteiger partial charge in [0, 0.05) is 25.0 Å². The Hall–Kier alpha value is -2.62. The van der Waals surface area contributed by atoms with E-state index in [1.54, 1.807) is 0 Å². The van der Waals surface area contributed by atoms with Gasteiger partial charge in [-0.05, 0) is 43.4 Å². The van der Waals surface area contributed by atoms with Crippen LogP contribution in [0.2, 0.25) is 0 Å². The van der Waals surface area contributed by atoms with Crippen molar-refractivity contribution >= 4 is 11.6 Å². The number of hydrogen-bond donors (Lipinski definition) is 0. The largest absolute Gasteiger partial charge is 0.339 e. The zero-order valence-electron chi connectivity index (χ0n) is 14.6. The third kappa shape index (κ3) is 3.29. The van der Waals surface area contributed by atoms with Gasteiger partial charge in [0.25, 0.3) is 0 Å². The van der Waals surface area contributed by atoms with Crippen LogP contribution in [0.15, 0.2) is 54.9 Å². The van der Waals surface area contributed by atoms with Crippen LogP contribution in [0, 0.1) is 6.92 Å². The predicted octanol–water partition coefficient (Wildman–Crippen LogP) is 3.42. The van der Waals surface area contributed by atoms with Crippen molar-refractivity contribution in [3.05, 3.63) is 71.7 Å². The summed E-state index contributed by atoms with van der Waals surface area (Å²) in [4.78, 5) is 19.6. The molecule has 0 radical (unpaired) electrons. The van der Waals surface area contributed by atoms with Crippen LogP contribution in [-0.2, 0) is 17.6 Å². The molecule has 1 aliphatic rings. The first kappa shape index (κ1) is 15.9. The zero-order valence-corrected chi connectivity index (χ0v) is 14.6. The Kier molecular flexibility index (Phi) is 4.26. The van der Waals surface area contributed by atoms with E-state index in [1.165, 1.54) is 5.56 Å². The highest BCUT2D eigenvalue weighted by Crippen LogP contribution is 2.22. The number of rotatable bonds is 4. The molecule has 1 aromatic carbocycles. The number of pyridine rings is 1. The maximum Gasteiger partial charge on any atom is 0.228 e. The van der Waals surface area contributed by atoms with Gasteiger partial charge < -0.3 is 9.30 Å². The summed E-state index contributed by atoms with van der Waals surface area (Å²) in [6.07, 6.45) is 7.46. The molecule has 1 amide bonds. The molecule has 0 aliphatic carbocycles. The molecule has 2 aromatic heterocycles. The number of amides is 1. The van der Waals surface area contributed by atoms with E-state index in [0.717, 1.165) is 42.7 Å². The number of fused-ring (bicyclic) bond motifs is 1. The maximum absolute atomic E-state index is 12.9. The Labute approximate surface area is 148 Å². The molecule has 4 rings (SSSR count). The number of hydrogen-bond acceptors (Lipinski definition) is 2. The van der Waals surface area contributed by atoms with Gasteiger partial charge in [0.1, 0.15) is 5.65 Å². The summed E-state index contributed by atoms with van der Waals surface area (Å²) >= 11 is 0. The van der Waals surface area contributed by atoms with Gasteiger partial charge in [-0.1, -0.05) is 36.4 Å². The fraction of sp³-hybridized carbons (Fsp3) is 0.333. The lowest BCUT2D eigenvalue weighted by atomic mass is 10.0. The number of imidazole rings is 1. The molecular formula is C21H23N3O. The number of carbonyl (C=O) groups is 1. The van der Waals surface area contributed by atoms with Crippen molar-refractivity contribution in [3.63, 3.8) is 0 Å². The third-order valence-electron chi connectivity index (χ3n) is 5.07. The fourth-order valence-corrected chi connectivity index (χ4v) is 3.81. The van der Waals surface area contributed by atoms with E-state index in [4.69, 9.17) is 0 Å². The number of benzene rings is 1. The average Bonchev–Trinajstić information content (AvgIpc) is 3.23. The number of carbonyl (C=O) groups excluding carboxylic acids is 1. The van der Waals surface area contributed by atoms with Crippen LogP contribution < -0.4 is 0 Å². The lowest BCUT2D eigenvalue weighted by molar-refractivity contribution is -0.131. The van der Waals surface area contributed by atoms with E-state index >= 15 is 0 Å². The maximum atomic E-state index is 12.9. The normalized spacial score (nSPS) is 17.3. The van der Waals surface area contributed by atoms with E-state index in [2.05, 4.69) is 34.1 Å². The van der Waals surface area contributed by atoms with E-state index in [0.29, 0.717) is 12.5 Å². The monoisotopic (exact) mass is 333 g/mol. The van der Waals surface area contributed by atoms with E-state index in [1.807, 2.05) is 41.9 Å². The predicted molar refractivity (Wildman–Crippen MR) is 98.5 cm³/mol. The van der Waals surface area contributed by atoms with Gasteiger partial charge >= 0.3 is 0 Å². The quantitative estimate of drug-likeness (QED) is 0.734. The number of aromatic nitrogens is 2. The zero-order chi connectivity index (χ0) is 17.2. The molecule has 0 N–H and O–H groups in total. The average molecular weight is 333 g/mol. The van der Waals surface area contributed by atoms with Crippen molar-refractivity contribution in [2.45, 2.75) is 38.6 Å². The Bertz CT molecular complexity index is 885. The molecule has 1 unspecified atom stereocenters. The fourth-order valence-electron chi connectivity index (χ4n) is 3.81. The second-order valence-electron chi connectivity index (χ2n) is 6.90. The van der Waals surface area contributed by atoms with Crippen molar-refractivity contribution in [1.82, 2.24) is 14.3 Å². The summed E-state index contributed by atoms with van der Waals surface area (Å²) in [5.41, 5.74) is 4.22. The van der Waals surface area contributed by atoms with Gasteiger partial charge in [-0.25, -0.2) is 4.98 Å². The second kappa shape index (κ2) is 6.71. The van der Waals surface area contributed by atoms with Crippen molar-refractivity contribution in [1.29, 1.82) is 0 Å². The van der Waals surface area contributed by atoms with E-state index < -0.39 is 0 Å². The van der Waals surface area contributed by atoms with E-state index in [-0.39, 0.29) is 5.91 Å². The molecule has 1 fully saturated rings. The van der Waals surface area contributed by atoms with Crippen LogP contribution in [0.25, 0.3) is 5.65 Å². The minimum absolute atomic E-state index is 0.194. The van der Waals surface area contributed by atoms with Crippen LogP contribution in [0.1, 0.15) is 29.7 Å². The van der Waals surface area contributed by atoms with Crippen molar-refractivity contribution in [2.75, 3.05) is 6.54 Å². The SMILES string of the molecule is Cc1cccn2cc(CC(=O)N3CCCC3Cc3ccccc3)nc12. The highest BCUT2D eigenvalue weighted by molar-refractivity contribution is 5.79. The van der Waals surface area contributed by atoms with Crippen LogP contribution >= 0.6 is 0 Å². The molecule has 128 valence electrons. The summed E-state index contributed by atoms with van der Waals surface area (Å²) in [5.74, 6) is 0.194. The molecule has 1 atom stereocenters. The molecule has 1 aliphatic heterocycles. The molecule has 4 nitrogen and oxygen atoms in total. The molecule has 3 aromatic rings. The van der Waals surface area contributed by atoms with Gasteiger partial charge in [0.05, 0.1) is 12.1 Å². The molecule has 0 saturated carbocycles. The molecule has 25 heavy (non-hydrogen) atoms. The second-order valence-corrected chi connectivity index (χ2v) is 6.90. The first-order chi connectivity index (χ1) is 12.2. The van der Waals surface area contributed by atoms with Gasteiger partial charge in [0.15, 0.2) is 0 Å². The lowest BCUT2D eigenvalue weighted by Crippen LogP contribution is -2.37. The number of likely N-dealkylation sites (tertiary alicyclic amines) is 1.